The summed E-state index contributed by atoms with van der Waals surface area (Å²) in [5, 5.41) is 9.19. The summed E-state index contributed by atoms with van der Waals surface area (Å²) in [6.07, 6.45) is 1.88. The average Bonchev–Trinajstić information content (AvgIpc) is 2.64. The van der Waals surface area contributed by atoms with Crippen molar-refractivity contribution in [3.63, 3.8) is 0 Å². The van der Waals surface area contributed by atoms with Gasteiger partial charge in [0.15, 0.2) is 5.78 Å². The van der Waals surface area contributed by atoms with Crippen molar-refractivity contribution < 1.29 is 19.1 Å². The molecule has 0 radical (unpaired) electrons. The van der Waals surface area contributed by atoms with Gasteiger partial charge in [-0.15, -0.1) is 0 Å². The van der Waals surface area contributed by atoms with E-state index in [-0.39, 0.29) is 19.4 Å². The lowest BCUT2D eigenvalue weighted by atomic mass is 10.1. The first-order valence-corrected chi connectivity index (χ1v) is 8.92. The third-order valence-electron chi connectivity index (χ3n) is 3.30. The number of carbonyl (C=O) groups excluding carboxylic acids is 3. The smallest absolute Gasteiger partial charge is 0.329 e. The van der Waals surface area contributed by atoms with E-state index in [1.54, 1.807) is 20.8 Å². The van der Waals surface area contributed by atoms with Gasteiger partial charge in [-0.2, -0.15) is 0 Å². The summed E-state index contributed by atoms with van der Waals surface area (Å²) < 4.78 is 5.15. The van der Waals surface area contributed by atoms with Gasteiger partial charge in [0.2, 0.25) is 5.91 Å². The van der Waals surface area contributed by atoms with Crippen LogP contribution in [0.25, 0.3) is 0 Å². The average molecular weight is 377 g/mol. The standard InChI is InChI=1S/C12H21N3O4.C8H10/c1-12(2,3)19-11(18)9(15-10(17)7-14)5-4-8(16)6-13;1-2-8-6-4-3-5-7-8/h6,9,13H,4-5,7,14H2,1-3H3,(H,15,17);3-7H,2H2,1H3. The zero-order valence-electron chi connectivity index (χ0n) is 16.6. The van der Waals surface area contributed by atoms with Crippen LogP contribution < -0.4 is 11.1 Å². The van der Waals surface area contributed by atoms with E-state index in [4.69, 9.17) is 15.9 Å². The molecular formula is C20H31N3O4. The Morgan fingerprint density at radius 2 is 1.81 bits per heavy atom. The Morgan fingerprint density at radius 1 is 1.22 bits per heavy atom. The molecule has 0 saturated carbocycles. The number of esters is 1. The number of benzene rings is 1. The molecule has 4 N–H and O–H groups in total. The molecule has 1 amide bonds. The number of rotatable bonds is 8. The topological polar surface area (TPSA) is 122 Å². The molecule has 0 aliphatic rings. The fourth-order valence-corrected chi connectivity index (χ4v) is 1.95. The summed E-state index contributed by atoms with van der Waals surface area (Å²) in [4.78, 5) is 34.1. The van der Waals surface area contributed by atoms with Crippen LogP contribution in [0, 0.1) is 5.41 Å². The highest BCUT2D eigenvalue weighted by atomic mass is 16.6. The maximum atomic E-state index is 11.9. The molecule has 1 aromatic carbocycles. The second-order valence-corrected chi connectivity index (χ2v) is 6.85. The van der Waals surface area contributed by atoms with Crippen LogP contribution in [0.3, 0.4) is 0 Å². The Kier molecular flexibility index (Phi) is 11.6. The number of amides is 1. The number of carbonyl (C=O) groups is 3. The number of nitrogens with one attached hydrogen (secondary N) is 2. The number of hydrogen-bond acceptors (Lipinski definition) is 6. The first kappa shape index (κ1) is 24.5. The second kappa shape index (κ2) is 12.8. The van der Waals surface area contributed by atoms with E-state index < -0.39 is 29.3 Å². The zero-order chi connectivity index (χ0) is 20.9. The van der Waals surface area contributed by atoms with Crippen LogP contribution in [-0.2, 0) is 25.5 Å². The lowest BCUT2D eigenvalue weighted by molar-refractivity contribution is -0.158. The van der Waals surface area contributed by atoms with Crippen LogP contribution in [0.15, 0.2) is 30.3 Å². The molecule has 150 valence electrons. The molecule has 27 heavy (non-hydrogen) atoms. The highest BCUT2D eigenvalue weighted by molar-refractivity contribution is 6.26. The molecule has 7 heteroatoms. The van der Waals surface area contributed by atoms with Gasteiger partial charge >= 0.3 is 5.97 Å². The van der Waals surface area contributed by atoms with Gasteiger partial charge in [-0.1, -0.05) is 37.3 Å². The van der Waals surface area contributed by atoms with Crippen LogP contribution in [0.5, 0.6) is 0 Å². The van der Waals surface area contributed by atoms with Crippen molar-refractivity contribution in [3.8, 4) is 0 Å². The number of hydrogen-bond donors (Lipinski definition) is 3. The molecule has 1 rings (SSSR count). The van der Waals surface area contributed by atoms with E-state index in [2.05, 4.69) is 36.5 Å². The number of Topliss-reactive ketones (excluding diaryl/α,β-unsaturated/α-hetero) is 1. The van der Waals surface area contributed by atoms with E-state index in [1.165, 1.54) is 5.56 Å². The van der Waals surface area contributed by atoms with Gasteiger partial charge in [-0.25, -0.2) is 4.79 Å². The largest absolute Gasteiger partial charge is 0.458 e. The van der Waals surface area contributed by atoms with Crippen molar-refractivity contribution in [3.05, 3.63) is 35.9 Å². The van der Waals surface area contributed by atoms with Gasteiger partial charge in [0.25, 0.3) is 0 Å². The van der Waals surface area contributed by atoms with Crippen LogP contribution in [0.4, 0.5) is 0 Å². The Balaban J connectivity index is 0.000000694. The summed E-state index contributed by atoms with van der Waals surface area (Å²) >= 11 is 0. The van der Waals surface area contributed by atoms with Crippen molar-refractivity contribution in [1.82, 2.24) is 5.32 Å². The maximum absolute atomic E-state index is 11.9. The third-order valence-corrected chi connectivity index (χ3v) is 3.30. The molecule has 1 aromatic rings. The van der Waals surface area contributed by atoms with E-state index >= 15 is 0 Å². The molecule has 7 nitrogen and oxygen atoms in total. The molecule has 0 spiro atoms. The normalized spacial score (nSPS) is 11.4. The predicted octanol–water partition coefficient (Wildman–Crippen LogP) is 2.02. The molecule has 0 bridgehead atoms. The maximum Gasteiger partial charge on any atom is 0.329 e. The summed E-state index contributed by atoms with van der Waals surface area (Å²) in [6, 6.07) is 9.52. The highest BCUT2D eigenvalue weighted by Gasteiger charge is 2.26. The Labute approximate surface area is 161 Å². The molecule has 0 aliphatic carbocycles. The van der Waals surface area contributed by atoms with E-state index in [1.807, 2.05) is 6.07 Å². The molecule has 0 aromatic heterocycles. The van der Waals surface area contributed by atoms with Crippen LogP contribution in [-0.4, -0.2) is 42.1 Å². The number of aryl methyl sites for hydroxylation is 1. The van der Waals surface area contributed by atoms with Gasteiger partial charge in [-0.3, -0.25) is 9.59 Å². The van der Waals surface area contributed by atoms with Crippen molar-refractivity contribution in [2.75, 3.05) is 6.54 Å². The minimum Gasteiger partial charge on any atom is -0.458 e. The molecule has 0 heterocycles. The van der Waals surface area contributed by atoms with Gasteiger partial charge in [-0.05, 0) is 39.2 Å². The van der Waals surface area contributed by atoms with E-state index in [9.17, 15) is 14.4 Å². The molecule has 0 saturated heterocycles. The summed E-state index contributed by atoms with van der Waals surface area (Å²) in [5.74, 6) is -1.54. The lowest BCUT2D eigenvalue weighted by Gasteiger charge is -2.24. The SMILES string of the molecule is CC(C)(C)OC(=O)C(CCC(=O)C=N)NC(=O)CN.CCc1ccccc1. The fraction of sp³-hybridized carbons (Fsp3) is 0.500. The third kappa shape index (κ3) is 12.4. The first-order valence-electron chi connectivity index (χ1n) is 8.92. The minimum atomic E-state index is -0.931. The number of ketones is 1. The van der Waals surface area contributed by atoms with Gasteiger partial charge in [0.1, 0.15) is 11.6 Å². The van der Waals surface area contributed by atoms with Gasteiger partial charge in [0, 0.05) is 6.42 Å². The van der Waals surface area contributed by atoms with E-state index in [0.717, 1.165) is 6.42 Å². The molecule has 1 atom stereocenters. The Hall–Kier alpha value is -2.54. The monoisotopic (exact) mass is 377 g/mol. The zero-order valence-corrected chi connectivity index (χ0v) is 16.6. The molecule has 0 aliphatic heterocycles. The lowest BCUT2D eigenvalue weighted by Crippen LogP contribution is -2.46. The number of ether oxygens (including phenoxy) is 1. The quantitative estimate of drug-likeness (QED) is 0.472. The van der Waals surface area contributed by atoms with Crippen LogP contribution in [0.1, 0.15) is 46.1 Å². The van der Waals surface area contributed by atoms with Crippen molar-refractivity contribution in [2.24, 2.45) is 5.73 Å². The highest BCUT2D eigenvalue weighted by Crippen LogP contribution is 2.10. The molecule has 0 fully saturated rings. The van der Waals surface area contributed by atoms with E-state index in [0.29, 0.717) is 6.21 Å². The fourth-order valence-electron chi connectivity index (χ4n) is 1.95. The molecular weight excluding hydrogens is 346 g/mol. The summed E-state index contributed by atoms with van der Waals surface area (Å²) in [5.41, 5.74) is 5.89. The predicted molar refractivity (Wildman–Crippen MR) is 106 cm³/mol. The first-order chi connectivity index (χ1) is 12.6. The minimum absolute atomic E-state index is 0.0156. The van der Waals surface area contributed by atoms with Crippen molar-refractivity contribution in [1.29, 1.82) is 5.41 Å². The Bertz CT molecular complexity index is 609. The number of nitrogens with two attached hydrogens (primary N) is 1. The van der Waals surface area contributed by atoms with Crippen LogP contribution >= 0.6 is 0 Å². The second-order valence-electron chi connectivity index (χ2n) is 6.85. The Morgan fingerprint density at radius 3 is 2.22 bits per heavy atom. The van der Waals surface area contributed by atoms with Gasteiger partial charge in [0.05, 0.1) is 12.8 Å². The van der Waals surface area contributed by atoms with Gasteiger partial charge < -0.3 is 21.2 Å². The summed E-state index contributed by atoms with van der Waals surface area (Å²) in [7, 11) is 0. The van der Waals surface area contributed by atoms with Crippen molar-refractivity contribution >= 4 is 23.9 Å². The van der Waals surface area contributed by atoms with Crippen LogP contribution in [0.2, 0.25) is 0 Å². The molecule has 1 unspecified atom stereocenters. The van der Waals surface area contributed by atoms with Crippen molar-refractivity contribution in [2.45, 2.75) is 58.6 Å². The summed E-state index contributed by atoms with van der Waals surface area (Å²) in [6.45, 7) is 7.02.